The predicted molar refractivity (Wildman–Crippen MR) is 104 cm³/mol. The second-order valence-corrected chi connectivity index (χ2v) is 6.61. The lowest BCUT2D eigenvalue weighted by Gasteiger charge is -2.15. The Balaban J connectivity index is 1.99. The van der Waals surface area contributed by atoms with E-state index in [1.807, 2.05) is 6.92 Å². The number of rotatable bonds is 6. The van der Waals surface area contributed by atoms with E-state index >= 15 is 0 Å². The molecular formula is C18H20N8O2. The number of carbonyl (C=O) groups excluding carboxylic acids is 1. The molecule has 0 spiro atoms. The second kappa shape index (κ2) is 6.87. The van der Waals surface area contributed by atoms with Gasteiger partial charge in [0.15, 0.2) is 22.8 Å². The lowest BCUT2D eigenvalue weighted by molar-refractivity contribution is 0.0997. The minimum atomic E-state index is -0.735. The van der Waals surface area contributed by atoms with Crippen LogP contribution in [0.3, 0.4) is 0 Å². The van der Waals surface area contributed by atoms with E-state index in [9.17, 15) is 9.59 Å². The van der Waals surface area contributed by atoms with Gasteiger partial charge in [-0.15, -0.1) is 0 Å². The van der Waals surface area contributed by atoms with Crippen LogP contribution in [-0.4, -0.2) is 40.4 Å². The van der Waals surface area contributed by atoms with Gasteiger partial charge in [0.05, 0.1) is 11.8 Å². The molecule has 1 unspecified atom stereocenters. The number of hydrogen-bond donors (Lipinski definition) is 3. The number of primary amides is 1. The number of amides is 1. The Morgan fingerprint density at radius 3 is 2.82 bits per heavy atom. The van der Waals surface area contributed by atoms with Gasteiger partial charge in [-0.2, -0.15) is 0 Å². The van der Waals surface area contributed by atoms with Crippen LogP contribution in [0.1, 0.15) is 49.6 Å². The number of nitrogens with two attached hydrogens (primary N) is 1. The molecule has 0 bridgehead atoms. The van der Waals surface area contributed by atoms with Crippen LogP contribution >= 0.6 is 0 Å². The van der Waals surface area contributed by atoms with E-state index in [0.29, 0.717) is 22.4 Å². The highest BCUT2D eigenvalue weighted by atomic mass is 16.2. The number of pyridine rings is 1. The van der Waals surface area contributed by atoms with E-state index in [-0.39, 0.29) is 28.8 Å². The van der Waals surface area contributed by atoms with Gasteiger partial charge in [0.1, 0.15) is 5.52 Å². The molecule has 4 aromatic heterocycles. The summed E-state index contributed by atoms with van der Waals surface area (Å²) >= 11 is 0. The maximum absolute atomic E-state index is 12.6. The Kier molecular flexibility index (Phi) is 4.38. The molecule has 0 aliphatic rings. The van der Waals surface area contributed by atoms with E-state index < -0.39 is 5.91 Å². The number of hydrogen-bond acceptors (Lipinski definition) is 6. The third kappa shape index (κ3) is 2.82. The Labute approximate surface area is 159 Å². The predicted octanol–water partition coefficient (Wildman–Crippen LogP) is 1.91. The first-order valence-corrected chi connectivity index (χ1v) is 9.15. The van der Waals surface area contributed by atoms with Gasteiger partial charge in [-0.1, -0.05) is 20.3 Å². The van der Waals surface area contributed by atoms with Gasteiger partial charge in [-0.05, 0) is 18.9 Å². The Morgan fingerprint density at radius 2 is 2.11 bits per heavy atom. The van der Waals surface area contributed by atoms with Gasteiger partial charge in [-0.25, -0.2) is 24.7 Å². The van der Waals surface area contributed by atoms with Crippen LogP contribution in [0.15, 0.2) is 23.4 Å². The minimum absolute atomic E-state index is 0.0214. The Bertz CT molecular complexity index is 1240. The number of H-pyrrole nitrogens is 2. The number of aromatic nitrogens is 7. The van der Waals surface area contributed by atoms with Gasteiger partial charge < -0.3 is 15.7 Å². The van der Waals surface area contributed by atoms with Gasteiger partial charge in [0.2, 0.25) is 0 Å². The van der Waals surface area contributed by atoms with Crippen LogP contribution in [0.2, 0.25) is 0 Å². The summed E-state index contributed by atoms with van der Waals surface area (Å²) in [7, 11) is 0. The van der Waals surface area contributed by atoms with Gasteiger partial charge in [0, 0.05) is 17.8 Å². The molecule has 4 N–H and O–H groups in total. The molecule has 4 heterocycles. The monoisotopic (exact) mass is 380 g/mol. The first-order chi connectivity index (χ1) is 13.5. The smallest absolute Gasteiger partial charge is 0.327 e. The molecular weight excluding hydrogens is 360 g/mol. The summed E-state index contributed by atoms with van der Waals surface area (Å²) in [6.45, 7) is 4.07. The van der Waals surface area contributed by atoms with Crippen molar-refractivity contribution in [3.63, 3.8) is 0 Å². The Hall–Kier alpha value is -3.56. The fourth-order valence-corrected chi connectivity index (χ4v) is 3.45. The molecule has 1 amide bonds. The largest absolute Gasteiger partial charge is 0.364 e. The number of nitrogens with zero attached hydrogens (tertiary/aromatic N) is 5. The fraction of sp³-hybridized carbons (Fsp3) is 0.333. The van der Waals surface area contributed by atoms with Crippen LogP contribution < -0.4 is 11.4 Å². The molecule has 0 saturated heterocycles. The highest BCUT2D eigenvalue weighted by Crippen LogP contribution is 2.25. The van der Waals surface area contributed by atoms with Crippen LogP contribution in [-0.2, 0) is 0 Å². The van der Waals surface area contributed by atoms with Crippen molar-refractivity contribution >= 4 is 28.2 Å². The van der Waals surface area contributed by atoms with Gasteiger partial charge in [-0.3, -0.25) is 9.36 Å². The summed E-state index contributed by atoms with van der Waals surface area (Å²) in [6, 6.07) is 1.75. The number of carbonyl (C=O) groups is 1. The average Bonchev–Trinajstić information content (AvgIpc) is 3.28. The van der Waals surface area contributed by atoms with Crippen LogP contribution in [0, 0.1) is 0 Å². The summed E-state index contributed by atoms with van der Waals surface area (Å²) in [5.41, 5.74) is 7.68. The topological polar surface area (TPSA) is 148 Å². The SMILES string of the molecule is CCCC(CC)n1c(=O)[nH]c2c(C(N)=O)nc(-c3cnc4nc[nH]c4c3)nc21. The van der Waals surface area contributed by atoms with E-state index in [4.69, 9.17) is 5.73 Å². The molecule has 4 aromatic rings. The average molecular weight is 380 g/mol. The summed E-state index contributed by atoms with van der Waals surface area (Å²) in [5.74, 6) is -0.467. The standard InChI is InChI=1S/C18H20N8O2/c1-3-5-10(4-2)26-17-13(24-18(26)28)12(14(19)27)23-15(25-17)9-6-11-16(20-7-9)22-8-21-11/h6-8,10H,3-5H2,1-2H3,(H2,19,27)(H,24,28)(H,20,21,22). The number of aromatic amines is 2. The third-order valence-corrected chi connectivity index (χ3v) is 4.79. The molecule has 4 rings (SSSR count). The molecule has 10 heteroatoms. The normalized spacial score (nSPS) is 12.6. The van der Waals surface area contributed by atoms with E-state index in [1.165, 1.54) is 0 Å². The zero-order valence-corrected chi connectivity index (χ0v) is 15.6. The van der Waals surface area contributed by atoms with Crippen molar-refractivity contribution < 1.29 is 4.79 Å². The zero-order chi connectivity index (χ0) is 19.8. The zero-order valence-electron chi connectivity index (χ0n) is 15.6. The first kappa shape index (κ1) is 17.8. The summed E-state index contributed by atoms with van der Waals surface area (Å²) < 4.78 is 1.60. The summed E-state index contributed by atoms with van der Waals surface area (Å²) in [5, 5.41) is 0. The lowest BCUT2D eigenvalue weighted by Crippen LogP contribution is -2.22. The van der Waals surface area contributed by atoms with Gasteiger partial charge in [0.25, 0.3) is 5.91 Å². The van der Waals surface area contributed by atoms with Crippen molar-refractivity contribution in [3.8, 4) is 11.4 Å². The highest BCUT2D eigenvalue weighted by molar-refractivity contribution is 6.02. The maximum atomic E-state index is 12.6. The number of imidazole rings is 2. The molecule has 0 aromatic carbocycles. The van der Waals surface area contributed by atoms with E-state index in [1.54, 1.807) is 23.2 Å². The molecule has 28 heavy (non-hydrogen) atoms. The number of nitrogens with one attached hydrogen (secondary N) is 2. The van der Waals surface area contributed by atoms with Crippen LogP contribution in [0.4, 0.5) is 0 Å². The van der Waals surface area contributed by atoms with E-state index in [0.717, 1.165) is 19.3 Å². The lowest BCUT2D eigenvalue weighted by atomic mass is 10.1. The van der Waals surface area contributed by atoms with Crippen LogP contribution in [0.5, 0.6) is 0 Å². The summed E-state index contributed by atoms with van der Waals surface area (Å²) in [4.78, 5) is 47.6. The second-order valence-electron chi connectivity index (χ2n) is 6.61. The molecule has 0 saturated carbocycles. The highest BCUT2D eigenvalue weighted by Gasteiger charge is 2.22. The van der Waals surface area contributed by atoms with E-state index in [2.05, 4.69) is 36.8 Å². The molecule has 0 aliphatic heterocycles. The molecule has 0 fully saturated rings. The van der Waals surface area contributed by atoms with Crippen molar-refractivity contribution in [1.82, 2.24) is 34.5 Å². The van der Waals surface area contributed by atoms with Crippen LogP contribution in [0.25, 0.3) is 33.7 Å². The summed E-state index contributed by atoms with van der Waals surface area (Å²) in [6.07, 6.45) is 5.61. The van der Waals surface area contributed by atoms with Crippen molar-refractivity contribution in [3.05, 3.63) is 34.8 Å². The molecule has 144 valence electrons. The quantitative estimate of drug-likeness (QED) is 0.465. The molecule has 0 aliphatic carbocycles. The molecule has 1 atom stereocenters. The Morgan fingerprint density at radius 1 is 1.29 bits per heavy atom. The molecule has 0 radical (unpaired) electrons. The number of fused-ring (bicyclic) bond motifs is 2. The molecule has 10 nitrogen and oxygen atoms in total. The fourth-order valence-electron chi connectivity index (χ4n) is 3.45. The maximum Gasteiger partial charge on any atom is 0.327 e. The van der Waals surface area contributed by atoms with Crippen molar-refractivity contribution in [2.24, 2.45) is 5.73 Å². The van der Waals surface area contributed by atoms with Crippen molar-refractivity contribution in [1.29, 1.82) is 0 Å². The van der Waals surface area contributed by atoms with Crippen molar-refractivity contribution in [2.75, 3.05) is 0 Å². The first-order valence-electron chi connectivity index (χ1n) is 9.15. The van der Waals surface area contributed by atoms with Gasteiger partial charge >= 0.3 is 5.69 Å². The minimum Gasteiger partial charge on any atom is -0.364 e. The van der Waals surface area contributed by atoms with Crippen molar-refractivity contribution in [2.45, 2.75) is 39.2 Å². The third-order valence-electron chi connectivity index (χ3n) is 4.79.